The van der Waals surface area contributed by atoms with E-state index in [1.54, 1.807) is 18.3 Å². The number of hydrazine groups is 1. The fraction of sp³-hybridized carbons (Fsp3) is 0.355. The molecule has 0 bridgehead atoms. The summed E-state index contributed by atoms with van der Waals surface area (Å²) in [4.78, 5) is 39.9. The number of anilines is 1. The number of nitrogens with zero attached hydrogens (tertiary/aromatic N) is 4. The number of aryl methyl sites for hydroxylation is 1. The summed E-state index contributed by atoms with van der Waals surface area (Å²) in [5.41, 5.74) is 5.37. The van der Waals surface area contributed by atoms with Gasteiger partial charge in [-0.25, -0.2) is 9.97 Å². The number of aromatic nitrogens is 2. The van der Waals surface area contributed by atoms with Gasteiger partial charge in [-0.3, -0.25) is 19.9 Å². The van der Waals surface area contributed by atoms with Crippen molar-refractivity contribution in [1.82, 2.24) is 19.9 Å². The average Bonchev–Trinajstić information content (AvgIpc) is 3.81. The number of hydrogen-bond donors (Lipinski definition) is 1. The molecule has 0 aliphatic carbocycles. The normalized spacial score (nSPS) is 18.7. The predicted molar refractivity (Wildman–Crippen MR) is 166 cm³/mol. The molecular formula is C31H31N5O5S2. The molecule has 0 unspecified atom stereocenters. The van der Waals surface area contributed by atoms with Gasteiger partial charge in [0.05, 0.1) is 23.5 Å². The quantitative estimate of drug-likeness (QED) is 0.265. The molecule has 10 nitrogen and oxygen atoms in total. The molecule has 7 rings (SSSR count). The molecule has 3 aliphatic heterocycles. The number of rotatable bonds is 8. The van der Waals surface area contributed by atoms with Crippen LogP contribution in [0.3, 0.4) is 0 Å². The molecule has 0 radical (unpaired) electrons. The zero-order valence-corrected chi connectivity index (χ0v) is 25.6. The summed E-state index contributed by atoms with van der Waals surface area (Å²) in [5.74, 6) is 0.612. The molecule has 1 spiro atoms. The van der Waals surface area contributed by atoms with E-state index in [1.807, 2.05) is 48.7 Å². The van der Waals surface area contributed by atoms with Crippen molar-refractivity contribution in [3.05, 3.63) is 59.0 Å². The van der Waals surface area contributed by atoms with Crippen LogP contribution in [0, 0.1) is 6.92 Å². The summed E-state index contributed by atoms with van der Waals surface area (Å²) in [7, 11) is 0. The van der Waals surface area contributed by atoms with E-state index >= 15 is 0 Å². The summed E-state index contributed by atoms with van der Waals surface area (Å²) in [6.07, 6.45) is 3.12. The van der Waals surface area contributed by atoms with Gasteiger partial charge in [0, 0.05) is 49.0 Å². The summed E-state index contributed by atoms with van der Waals surface area (Å²) < 4.78 is 17.7. The molecule has 0 saturated carbocycles. The third kappa shape index (κ3) is 5.45. The number of thiophene rings is 2. The minimum absolute atomic E-state index is 0.356. The molecule has 3 aromatic heterocycles. The highest BCUT2D eigenvalue weighted by atomic mass is 32.1. The van der Waals surface area contributed by atoms with Gasteiger partial charge in [-0.15, -0.1) is 22.7 Å². The molecule has 2 saturated heterocycles. The summed E-state index contributed by atoms with van der Waals surface area (Å²) in [6, 6.07) is 12.0. The first-order valence-electron chi connectivity index (χ1n) is 14.3. The van der Waals surface area contributed by atoms with Gasteiger partial charge in [0.2, 0.25) is 0 Å². The molecule has 2 amide bonds. The number of ether oxygens (including phenoxy) is 3. The van der Waals surface area contributed by atoms with E-state index < -0.39 is 5.91 Å². The lowest BCUT2D eigenvalue weighted by molar-refractivity contribution is -0.185. The summed E-state index contributed by atoms with van der Waals surface area (Å²) in [5, 5.41) is 3.76. The van der Waals surface area contributed by atoms with Crippen LogP contribution in [0.2, 0.25) is 0 Å². The molecule has 2 fully saturated rings. The number of nitrogens with one attached hydrogen (secondary N) is 1. The number of piperidine rings is 1. The highest BCUT2D eigenvalue weighted by molar-refractivity contribution is 7.22. The van der Waals surface area contributed by atoms with E-state index in [0.717, 1.165) is 74.3 Å². The Kier molecular flexibility index (Phi) is 7.48. The number of benzene rings is 1. The van der Waals surface area contributed by atoms with Gasteiger partial charge in [0.1, 0.15) is 17.2 Å². The van der Waals surface area contributed by atoms with E-state index in [0.29, 0.717) is 37.0 Å². The average molecular weight is 618 g/mol. The monoisotopic (exact) mass is 617 g/mol. The molecule has 4 aromatic rings. The lowest BCUT2D eigenvalue weighted by Crippen LogP contribution is -2.46. The predicted octanol–water partition coefficient (Wildman–Crippen LogP) is 5.25. The Balaban J connectivity index is 1.09. The fourth-order valence-electron chi connectivity index (χ4n) is 5.71. The van der Waals surface area contributed by atoms with E-state index in [9.17, 15) is 9.59 Å². The van der Waals surface area contributed by atoms with Crippen LogP contribution in [0.25, 0.3) is 31.4 Å². The topological polar surface area (TPSA) is 106 Å². The minimum atomic E-state index is -0.420. The fourth-order valence-corrected chi connectivity index (χ4v) is 7.55. The Morgan fingerprint density at radius 2 is 1.81 bits per heavy atom. The van der Waals surface area contributed by atoms with Gasteiger partial charge < -0.3 is 14.2 Å². The molecule has 6 heterocycles. The molecule has 1 aromatic carbocycles. The molecule has 1 N–H and O–H groups in total. The summed E-state index contributed by atoms with van der Waals surface area (Å²) >= 11 is 3.09. The maximum Gasteiger partial charge on any atom is 0.275 e. The van der Waals surface area contributed by atoms with Crippen LogP contribution in [0.1, 0.15) is 25.3 Å². The number of amides is 2. The molecule has 0 atom stereocenters. The zero-order valence-electron chi connectivity index (χ0n) is 23.9. The van der Waals surface area contributed by atoms with Gasteiger partial charge in [-0.1, -0.05) is 6.07 Å². The second-order valence-corrected chi connectivity index (χ2v) is 12.8. The standard InChI is InChI=1S/C31H31N5O5S2/c1-19-18-24(37)36(30(19)38)34-28-25-20(2)26(43-29(25)33-27(32-28)23-4-3-17-42-23)21-5-7-22(8-6-21)39-14-13-35-11-9-31(10-12-35)40-15-16-41-31/h3-8,17-18H,9-16H2,1-2H3,(H,32,33,34). The number of likely N-dealkylation sites (tertiary alicyclic amines) is 1. The first kappa shape index (κ1) is 28.1. The van der Waals surface area contributed by atoms with Crippen molar-refractivity contribution in [3.63, 3.8) is 0 Å². The van der Waals surface area contributed by atoms with Crippen molar-refractivity contribution in [1.29, 1.82) is 0 Å². The van der Waals surface area contributed by atoms with Crippen molar-refractivity contribution in [2.45, 2.75) is 32.5 Å². The summed E-state index contributed by atoms with van der Waals surface area (Å²) in [6.45, 7) is 8.37. The maximum atomic E-state index is 12.6. The van der Waals surface area contributed by atoms with Gasteiger partial charge in [-0.05, 0) is 60.7 Å². The van der Waals surface area contributed by atoms with E-state index in [1.165, 1.54) is 17.4 Å². The van der Waals surface area contributed by atoms with Crippen LogP contribution in [0.15, 0.2) is 53.4 Å². The van der Waals surface area contributed by atoms with Crippen molar-refractivity contribution < 1.29 is 23.8 Å². The Hall–Kier alpha value is -3.68. The number of imide groups is 1. The molecular weight excluding hydrogens is 587 g/mol. The van der Waals surface area contributed by atoms with Crippen LogP contribution in [0.4, 0.5) is 5.82 Å². The number of carbonyl (C=O) groups is 2. The largest absolute Gasteiger partial charge is 0.492 e. The van der Waals surface area contributed by atoms with Gasteiger partial charge in [-0.2, -0.15) is 5.01 Å². The number of hydrogen-bond acceptors (Lipinski definition) is 11. The first-order chi connectivity index (χ1) is 20.9. The highest BCUT2D eigenvalue weighted by Gasteiger charge is 2.39. The third-order valence-electron chi connectivity index (χ3n) is 8.07. The van der Waals surface area contributed by atoms with Gasteiger partial charge >= 0.3 is 0 Å². The minimum Gasteiger partial charge on any atom is -0.492 e. The third-order valence-corrected chi connectivity index (χ3v) is 10.2. The van der Waals surface area contributed by atoms with Crippen molar-refractivity contribution in [2.24, 2.45) is 0 Å². The highest BCUT2D eigenvalue weighted by Crippen LogP contribution is 2.42. The van der Waals surface area contributed by atoms with Crippen LogP contribution < -0.4 is 10.2 Å². The molecule has 222 valence electrons. The molecule has 43 heavy (non-hydrogen) atoms. The smallest absolute Gasteiger partial charge is 0.275 e. The van der Waals surface area contributed by atoms with Crippen molar-refractivity contribution >= 4 is 50.5 Å². The molecule has 12 heteroatoms. The Bertz CT molecular complexity index is 1700. The Morgan fingerprint density at radius 1 is 1.05 bits per heavy atom. The SMILES string of the molecule is CC1=CC(=O)N(Nc2nc(-c3cccs3)nc3sc(-c4ccc(OCCN5CCC6(CC5)OCCO6)cc4)c(C)c23)C1=O. The number of carbonyl (C=O) groups excluding carboxylic acids is 2. The lowest BCUT2D eigenvalue weighted by atomic mass is 10.0. The Labute approximate surface area is 256 Å². The number of fused-ring (bicyclic) bond motifs is 1. The first-order valence-corrected chi connectivity index (χ1v) is 16.0. The maximum absolute atomic E-state index is 12.6. The van der Waals surface area contributed by atoms with Gasteiger partial charge in [0.15, 0.2) is 17.4 Å². The van der Waals surface area contributed by atoms with Crippen molar-refractivity contribution in [2.75, 3.05) is 44.9 Å². The van der Waals surface area contributed by atoms with Crippen LogP contribution >= 0.6 is 22.7 Å². The van der Waals surface area contributed by atoms with E-state index in [4.69, 9.17) is 24.2 Å². The second kappa shape index (κ2) is 11.4. The second-order valence-electron chi connectivity index (χ2n) is 10.8. The van der Waals surface area contributed by atoms with Gasteiger partial charge in [0.25, 0.3) is 11.8 Å². The van der Waals surface area contributed by atoms with Crippen LogP contribution in [0.5, 0.6) is 5.75 Å². The van der Waals surface area contributed by atoms with E-state index in [-0.39, 0.29) is 11.7 Å². The van der Waals surface area contributed by atoms with Crippen molar-refractivity contribution in [3.8, 4) is 26.9 Å². The lowest BCUT2D eigenvalue weighted by Gasteiger charge is -2.37. The van der Waals surface area contributed by atoms with E-state index in [2.05, 4.69) is 10.3 Å². The van der Waals surface area contributed by atoms with Crippen LogP contribution in [-0.2, 0) is 19.1 Å². The molecule has 3 aliphatic rings. The Morgan fingerprint density at radius 3 is 2.49 bits per heavy atom. The zero-order chi connectivity index (χ0) is 29.6. The van der Waals surface area contributed by atoms with Crippen LogP contribution in [-0.4, -0.2) is 76.9 Å².